The zero-order valence-electron chi connectivity index (χ0n) is 11.0. The maximum Gasteiger partial charge on any atom is 0.265 e. The summed E-state index contributed by atoms with van der Waals surface area (Å²) in [5.41, 5.74) is 7.01. The molecule has 1 amide bonds. The highest BCUT2D eigenvalue weighted by Gasteiger charge is 2.15. The van der Waals surface area contributed by atoms with Crippen LogP contribution in [-0.2, 0) is 13.0 Å². The summed E-state index contributed by atoms with van der Waals surface area (Å²) >= 11 is 2.69. The normalized spacial score (nSPS) is 9.90. The Kier molecular flexibility index (Phi) is 5.24. The van der Waals surface area contributed by atoms with Gasteiger partial charge in [0.25, 0.3) is 5.91 Å². The van der Waals surface area contributed by atoms with Crippen LogP contribution >= 0.6 is 22.9 Å². The van der Waals surface area contributed by atoms with Crippen LogP contribution in [0.2, 0.25) is 0 Å². The fourth-order valence-corrected chi connectivity index (χ4v) is 3.02. The second-order valence-electron chi connectivity index (χ2n) is 3.85. The molecule has 7 heteroatoms. The van der Waals surface area contributed by atoms with Crippen molar-refractivity contribution in [2.45, 2.75) is 19.9 Å². The zero-order chi connectivity index (χ0) is 14.4. The molecule has 0 aliphatic heterocycles. The fourth-order valence-electron chi connectivity index (χ4n) is 1.59. The van der Waals surface area contributed by atoms with Gasteiger partial charge in [-0.25, -0.2) is 0 Å². The first-order chi connectivity index (χ1) is 9.76. The third-order valence-electron chi connectivity index (χ3n) is 2.58. The number of aromatic nitrogens is 2. The van der Waals surface area contributed by atoms with E-state index in [4.69, 9.17) is 5.73 Å². The molecule has 0 radical (unpaired) electrons. The van der Waals surface area contributed by atoms with Crippen LogP contribution < -0.4 is 11.1 Å². The standard InChI is InChI=1S/C13H14N4OS2/c1-2-10-12(20-17-16-10)13(18)15-8-11-9(4-3-6-14)5-7-19-11/h5,7H,2,6,8,14H2,1H3,(H,15,18). The number of amides is 1. The smallest absolute Gasteiger partial charge is 0.265 e. The zero-order valence-corrected chi connectivity index (χ0v) is 12.6. The van der Waals surface area contributed by atoms with Gasteiger partial charge in [-0.05, 0) is 29.4 Å². The molecule has 104 valence electrons. The maximum absolute atomic E-state index is 12.1. The number of nitrogens with zero attached hydrogens (tertiary/aromatic N) is 2. The summed E-state index contributed by atoms with van der Waals surface area (Å²) in [5, 5.41) is 8.77. The Labute approximate surface area is 125 Å². The van der Waals surface area contributed by atoms with Crippen molar-refractivity contribution in [3.05, 3.63) is 32.5 Å². The van der Waals surface area contributed by atoms with Crippen molar-refractivity contribution in [1.29, 1.82) is 0 Å². The molecular formula is C13H14N4OS2. The predicted octanol–water partition coefficient (Wildman–Crippen LogP) is 1.40. The molecule has 0 bridgehead atoms. The predicted molar refractivity (Wildman–Crippen MR) is 80.7 cm³/mol. The van der Waals surface area contributed by atoms with Crippen molar-refractivity contribution in [3.63, 3.8) is 0 Å². The van der Waals surface area contributed by atoms with Crippen molar-refractivity contribution in [2.75, 3.05) is 6.54 Å². The van der Waals surface area contributed by atoms with Crippen LogP contribution in [0.5, 0.6) is 0 Å². The van der Waals surface area contributed by atoms with Gasteiger partial charge < -0.3 is 11.1 Å². The van der Waals surface area contributed by atoms with Crippen molar-refractivity contribution < 1.29 is 4.79 Å². The Morgan fingerprint density at radius 3 is 3.15 bits per heavy atom. The third-order valence-corrected chi connectivity index (χ3v) is 4.26. The molecule has 2 aromatic rings. The van der Waals surface area contributed by atoms with Gasteiger partial charge in [0, 0.05) is 10.4 Å². The van der Waals surface area contributed by atoms with Crippen LogP contribution in [0.4, 0.5) is 0 Å². The number of carbonyl (C=O) groups is 1. The molecule has 0 saturated heterocycles. The molecule has 0 aromatic carbocycles. The highest BCUT2D eigenvalue weighted by molar-refractivity contribution is 7.10. The van der Waals surface area contributed by atoms with Crippen LogP contribution in [0, 0.1) is 11.8 Å². The molecule has 0 aliphatic carbocycles. The van der Waals surface area contributed by atoms with Crippen molar-refractivity contribution in [3.8, 4) is 11.8 Å². The Balaban J connectivity index is 2.02. The lowest BCUT2D eigenvalue weighted by Gasteiger charge is -2.03. The molecule has 2 rings (SSSR count). The molecule has 0 spiro atoms. The summed E-state index contributed by atoms with van der Waals surface area (Å²) in [6.07, 6.45) is 0.700. The number of hydrogen-bond acceptors (Lipinski definition) is 6. The highest BCUT2D eigenvalue weighted by atomic mass is 32.1. The molecule has 0 atom stereocenters. The quantitative estimate of drug-likeness (QED) is 0.837. The van der Waals surface area contributed by atoms with E-state index in [1.165, 1.54) is 0 Å². The second kappa shape index (κ2) is 7.14. The van der Waals surface area contributed by atoms with Gasteiger partial charge in [-0.2, -0.15) is 0 Å². The Morgan fingerprint density at radius 2 is 2.40 bits per heavy atom. The first-order valence-corrected chi connectivity index (χ1v) is 7.76. The molecule has 5 nitrogen and oxygen atoms in total. The minimum Gasteiger partial charge on any atom is -0.346 e. The number of carbonyl (C=O) groups excluding carboxylic acids is 1. The van der Waals surface area contributed by atoms with Crippen LogP contribution in [-0.4, -0.2) is 22.0 Å². The van der Waals surface area contributed by atoms with Crippen LogP contribution in [0.25, 0.3) is 0 Å². The average molecular weight is 306 g/mol. The summed E-state index contributed by atoms with van der Waals surface area (Å²) in [4.78, 5) is 13.7. The van der Waals surface area contributed by atoms with Gasteiger partial charge in [0.15, 0.2) is 0 Å². The molecule has 0 fully saturated rings. The molecule has 0 aliphatic rings. The van der Waals surface area contributed by atoms with E-state index in [-0.39, 0.29) is 5.91 Å². The lowest BCUT2D eigenvalue weighted by atomic mass is 10.2. The summed E-state index contributed by atoms with van der Waals surface area (Å²) in [6.45, 7) is 2.73. The largest absolute Gasteiger partial charge is 0.346 e. The monoisotopic (exact) mass is 306 g/mol. The first kappa shape index (κ1) is 14.7. The highest BCUT2D eigenvalue weighted by Crippen LogP contribution is 2.16. The number of nitrogens with one attached hydrogen (secondary N) is 1. The van der Waals surface area contributed by atoms with E-state index >= 15 is 0 Å². The van der Waals surface area contributed by atoms with Gasteiger partial charge in [-0.3, -0.25) is 4.79 Å². The number of thiophene rings is 1. The second-order valence-corrected chi connectivity index (χ2v) is 5.60. The van der Waals surface area contributed by atoms with Crippen LogP contribution in [0.15, 0.2) is 11.4 Å². The topological polar surface area (TPSA) is 80.9 Å². The van der Waals surface area contributed by atoms with E-state index < -0.39 is 0 Å². The minimum absolute atomic E-state index is 0.136. The van der Waals surface area contributed by atoms with Crippen molar-refractivity contribution >= 4 is 28.8 Å². The fraction of sp³-hybridized carbons (Fsp3) is 0.308. The Hall–Kier alpha value is -1.75. The van der Waals surface area contributed by atoms with Gasteiger partial charge in [0.05, 0.1) is 18.8 Å². The molecule has 2 aromatic heterocycles. The van der Waals surface area contributed by atoms with E-state index in [0.29, 0.717) is 24.4 Å². The van der Waals surface area contributed by atoms with Crippen molar-refractivity contribution in [2.24, 2.45) is 5.73 Å². The number of aryl methyl sites for hydroxylation is 1. The van der Waals surface area contributed by atoms with Gasteiger partial charge in [0.1, 0.15) is 4.88 Å². The number of rotatable bonds is 4. The first-order valence-electron chi connectivity index (χ1n) is 6.11. The summed E-state index contributed by atoms with van der Waals surface area (Å²) < 4.78 is 3.81. The average Bonchev–Trinajstić information content (AvgIpc) is 3.10. The van der Waals surface area contributed by atoms with E-state index in [0.717, 1.165) is 27.7 Å². The van der Waals surface area contributed by atoms with Gasteiger partial charge in [0.2, 0.25) is 0 Å². The van der Waals surface area contributed by atoms with E-state index in [1.807, 2.05) is 18.4 Å². The third kappa shape index (κ3) is 3.42. The number of hydrogen-bond donors (Lipinski definition) is 2. The van der Waals surface area contributed by atoms with E-state index in [2.05, 4.69) is 26.7 Å². The lowest BCUT2D eigenvalue weighted by molar-refractivity contribution is 0.0954. The molecular weight excluding hydrogens is 292 g/mol. The Bertz CT molecular complexity index is 651. The van der Waals surface area contributed by atoms with E-state index in [1.54, 1.807) is 11.3 Å². The van der Waals surface area contributed by atoms with Gasteiger partial charge >= 0.3 is 0 Å². The van der Waals surface area contributed by atoms with Crippen LogP contribution in [0.3, 0.4) is 0 Å². The molecule has 20 heavy (non-hydrogen) atoms. The van der Waals surface area contributed by atoms with Gasteiger partial charge in [-0.1, -0.05) is 23.3 Å². The summed E-state index contributed by atoms with van der Waals surface area (Å²) in [5.74, 6) is 5.68. The minimum atomic E-state index is -0.136. The van der Waals surface area contributed by atoms with E-state index in [9.17, 15) is 4.79 Å². The molecule has 3 N–H and O–H groups in total. The Morgan fingerprint density at radius 1 is 1.55 bits per heavy atom. The molecule has 2 heterocycles. The summed E-state index contributed by atoms with van der Waals surface area (Å²) in [7, 11) is 0. The maximum atomic E-state index is 12.1. The number of nitrogens with two attached hydrogens (primary N) is 1. The van der Waals surface area contributed by atoms with Gasteiger partial charge in [-0.15, -0.1) is 16.4 Å². The van der Waals surface area contributed by atoms with Crippen LogP contribution in [0.1, 0.15) is 32.7 Å². The summed E-state index contributed by atoms with van der Waals surface area (Å²) in [6, 6.07) is 1.93. The molecule has 0 unspecified atom stereocenters. The lowest BCUT2D eigenvalue weighted by Crippen LogP contribution is -2.22. The van der Waals surface area contributed by atoms with Crippen molar-refractivity contribution in [1.82, 2.24) is 14.9 Å². The SMILES string of the molecule is CCc1nnsc1C(=O)NCc1sccc1C#CCN. The molecule has 0 saturated carbocycles.